The lowest BCUT2D eigenvalue weighted by Crippen LogP contribution is -2.59. The van der Waals surface area contributed by atoms with E-state index in [0.29, 0.717) is 0 Å². The molecule has 0 unspecified atom stereocenters. The van der Waals surface area contributed by atoms with E-state index in [-0.39, 0.29) is 26.4 Å². The fourth-order valence-corrected chi connectivity index (χ4v) is 5.09. The van der Waals surface area contributed by atoms with E-state index in [0.717, 1.165) is 0 Å². The summed E-state index contributed by atoms with van der Waals surface area (Å²) < 4.78 is 37.1. The number of hydrogen-bond acceptors (Lipinski definition) is 17. The SMILES string of the molecule is O=C(OCCO[C@H]1O[C@H](CO)[C@@H](O)[C@H](O)[C@H]1O)[C@@H]1[C@H](C(=O)OCCO[C@H]2O[C@H](CO)[C@@H](O)[C@H](O)[C@H]2O)[C@H]2C=C[C@@H]1O2. The number of esters is 2. The van der Waals surface area contributed by atoms with Crippen LogP contribution in [0.1, 0.15) is 0 Å². The highest BCUT2D eigenvalue weighted by Gasteiger charge is 2.54. The van der Waals surface area contributed by atoms with Crippen LogP contribution >= 0.6 is 0 Å². The minimum absolute atomic E-state index is 0.281. The van der Waals surface area contributed by atoms with Gasteiger partial charge in [0.2, 0.25) is 0 Å². The lowest BCUT2D eigenvalue weighted by Gasteiger charge is -2.39. The zero-order chi connectivity index (χ0) is 29.8. The largest absolute Gasteiger partial charge is 0.463 e. The summed E-state index contributed by atoms with van der Waals surface area (Å²) in [4.78, 5) is 25.7. The van der Waals surface area contributed by atoms with Crippen LogP contribution in [0.4, 0.5) is 0 Å². The first kappa shape index (κ1) is 32.1. The van der Waals surface area contributed by atoms with E-state index < -0.39 is 111 Å². The molecule has 0 amide bonds. The highest BCUT2D eigenvalue weighted by atomic mass is 16.7. The molecule has 234 valence electrons. The van der Waals surface area contributed by atoms with Crippen molar-refractivity contribution in [3.05, 3.63) is 12.2 Å². The van der Waals surface area contributed by atoms with Gasteiger partial charge in [-0.3, -0.25) is 9.59 Å². The molecule has 0 spiro atoms. The third-order valence-electron chi connectivity index (χ3n) is 7.36. The molecular formula is C24H36O17. The minimum Gasteiger partial charge on any atom is -0.463 e. The van der Waals surface area contributed by atoms with Crippen LogP contribution < -0.4 is 0 Å². The standard InChI is InChI=1S/C24H36O17/c25-7-11-15(27)17(29)19(31)23(40-11)37-5-3-35-21(33)13-9-1-2-10(39-9)14(13)22(34)36-4-6-38-24-20(32)18(30)16(28)12(8-26)41-24/h1-2,9-20,23-32H,3-8H2/t9-,10+,11-,12-,13-,14+,15-,16-,17+,18+,19-,20-,23+,24+/m1/s1. The summed E-state index contributed by atoms with van der Waals surface area (Å²) in [6.45, 7) is -2.46. The van der Waals surface area contributed by atoms with Gasteiger partial charge in [-0.2, -0.15) is 0 Å². The average Bonchev–Trinajstić information content (AvgIpc) is 3.59. The van der Waals surface area contributed by atoms with Gasteiger partial charge < -0.3 is 74.0 Å². The van der Waals surface area contributed by atoms with Crippen LogP contribution in [0, 0.1) is 11.8 Å². The molecule has 4 heterocycles. The molecule has 0 aromatic carbocycles. The van der Waals surface area contributed by atoms with E-state index >= 15 is 0 Å². The van der Waals surface area contributed by atoms with Crippen molar-refractivity contribution in [2.24, 2.45) is 11.8 Å². The lowest BCUT2D eigenvalue weighted by molar-refractivity contribution is -0.302. The van der Waals surface area contributed by atoms with Gasteiger partial charge >= 0.3 is 11.9 Å². The van der Waals surface area contributed by atoms with Gasteiger partial charge in [0.1, 0.15) is 73.9 Å². The van der Waals surface area contributed by atoms with Crippen molar-refractivity contribution < 1.29 is 83.6 Å². The molecule has 2 bridgehead atoms. The smallest absolute Gasteiger partial charge is 0.313 e. The molecule has 3 fully saturated rings. The summed E-state index contributed by atoms with van der Waals surface area (Å²) in [5.74, 6) is -3.62. The van der Waals surface area contributed by atoms with Gasteiger partial charge in [0.15, 0.2) is 12.6 Å². The van der Waals surface area contributed by atoms with Crippen molar-refractivity contribution in [3.63, 3.8) is 0 Å². The normalized spacial score (nSPS) is 43.7. The van der Waals surface area contributed by atoms with E-state index in [4.69, 9.17) is 33.2 Å². The van der Waals surface area contributed by atoms with E-state index in [9.17, 15) is 50.4 Å². The topological polar surface area (TPSA) is 261 Å². The monoisotopic (exact) mass is 596 g/mol. The molecule has 4 rings (SSSR count). The maximum atomic E-state index is 12.8. The average molecular weight is 597 g/mol. The predicted octanol–water partition coefficient (Wildman–Crippen LogP) is -5.72. The van der Waals surface area contributed by atoms with Crippen LogP contribution in [0.5, 0.6) is 0 Å². The Kier molecular flexibility index (Phi) is 11.0. The Morgan fingerprint density at radius 2 is 0.951 bits per heavy atom. The van der Waals surface area contributed by atoms with Crippen LogP contribution in [0.25, 0.3) is 0 Å². The van der Waals surface area contributed by atoms with E-state index in [1.54, 1.807) is 12.2 Å². The molecule has 0 radical (unpaired) electrons. The van der Waals surface area contributed by atoms with Crippen LogP contribution in [0.15, 0.2) is 12.2 Å². The molecule has 41 heavy (non-hydrogen) atoms. The fraction of sp³-hybridized carbons (Fsp3) is 0.833. The quantitative estimate of drug-likeness (QED) is 0.0593. The third kappa shape index (κ3) is 6.88. The first-order valence-corrected chi connectivity index (χ1v) is 13.1. The predicted molar refractivity (Wildman–Crippen MR) is 126 cm³/mol. The Labute approximate surface area is 233 Å². The van der Waals surface area contributed by atoms with Gasteiger partial charge in [-0.25, -0.2) is 0 Å². The molecule has 17 nitrogen and oxygen atoms in total. The molecule has 0 saturated carbocycles. The maximum absolute atomic E-state index is 12.8. The molecular weight excluding hydrogens is 560 g/mol. The fourth-order valence-electron chi connectivity index (χ4n) is 5.09. The maximum Gasteiger partial charge on any atom is 0.313 e. The second-order valence-electron chi connectivity index (χ2n) is 9.97. The number of ether oxygens (including phenoxy) is 7. The molecule has 4 aliphatic rings. The molecule has 14 atom stereocenters. The van der Waals surface area contributed by atoms with Gasteiger partial charge in [-0.1, -0.05) is 12.2 Å². The number of aliphatic hydroxyl groups excluding tert-OH is 8. The van der Waals surface area contributed by atoms with E-state index in [1.165, 1.54) is 0 Å². The van der Waals surface area contributed by atoms with Crippen LogP contribution in [0.3, 0.4) is 0 Å². The Bertz CT molecular complexity index is 843. The molecule has 0 aliphatic carbocycles. The number of carbonyl (C=O) groups is 2. The van der Waals surface area contributed by atoms with E-state index in [2.05, 4.69) is 0 Å². The Morgan fingerprint density at radius 1 is 0.561 bits per heavy atom. The number of aliphatic hydroxyl groups is 8. The van der Waals surface area contributed by atoms with Gasteiger partial charge in [0, 0.05) is 0 Å². The van der Waals surface area contributed by atoms with Crippen molar-refractivity contribution in [3.8, 4) is 0 Å². The Balaban J connectivity index is 1.22. The van der Waals surface area contributed by atoms with Crippen molar-refractivity contribution >= 4 is 11.9 Å². The van der Waals surface area contributed by atoms with Gasteiger partial charge in [-0.05, 0) is 0 Å². The summed E-state index contributed by atoms with van der Waals surface area (Å²) in [6, 6.07) is 0. The minimum atomic E-state index is -1.62. The number of fused-ring (bicyclic) bond motifs is 2. The van der Waals surface area contributed by atoms with Crippen molar-refractivity contribution in [1.82, 2.24) is 0 Å². The summed E-state index contributed by atoms with van der Waals surface area (Å²) in [5.41, 5.74) is 0. The second-order valence-corrected chi connectivity index (χ2v) is 9.97. The highest BCUT2D eigenvalue weighted by molar-refractivity contribution is 5.85. The Morgan fingerprint density at radius 3 is 1.32 bits per heavy atom. The summed E-state index contributed by atoms with van der Waals surface area (Å²) in [7, 11) is 0. The molecule has 8 N–H and O–H groups in total. The first-order valence-electron chi connectivity index (χ1n) is 13.1. The van der Waals surface area contributed by atoms with E-state index in [1.807, 2.05) is 0 Å². The number of rotatable bonds is 12. The number of hydrogen-bond donors (Lipinski definition) is 8. The molecule has 0 aromatic heterocycles. The van der Waals surface area contributed by atoms with Gasteiger partial charge in [-0.15, -0.1) is 0 Å². The Hall–Kier alpha value is -1.84. The highest BCUT2D eigenvalue weighted by Crippen LogP contribution is 2.40. The summed E-state index contributed by atoms with van der Waals surface area (Å²) in [5, 5.41) is 77.8. The van der Waals surface area contributed by atoms with Crippen LogP contribution in [-0.2, 0) is 42.7 Å². The van der Waals surface area contributed by atoms with Gasteiger partial charge in [0.05, 0.1) is 38.6 Å². The van der Waals surface area contributed by atoms with Crippen LogP contribution in [-0.4, -0.2) is 166 Å². The molecule has 4 aliphatic heterocycles. The van der Waals surface area contributed by atoms with Crippen LogP contribution in [0.2, 0.25) is 0 Å². The first-order chi connectivity index (χ1) is 19.6. The van der Waals surface area contributed by atoms with Crippen molar-refractivity contribution in [2.45, 2.75) is 73.6 Å². The van der Waals surface area contributed by atoms with Gasteiger partial charge in [0.25, 0.3) is 0 Å². The summed E-state index contributed by atoms with van der Waals surface area (Å²) in [6.07, 6.45) is -12.9. The van der Waals surface area contributed by atoms with Crippen molar-refractivity contribution in [2.75, 3.05) is 39.6 Å². The summed E-state index contributed by atoms with van der Waals surface area (Å²) >= 11 is 0. The third-order valence-corrected chi connectivity index (χ3v) is 7.36. The molecule has 3 saturated heterocycles. The second kappa shape index (κ2) is 14.1. The zero-order valence-electron chi connectivity index (χ0n) is 21.7. The number of carbonyl (C=O) groups excluding carboxylic acids is 2. The lowest BCUT2D eigenvalue weighted by atomic mass is 9.83. The zero-order valence-corrected chi connectivity index (χ0v) is 21.7. The molecule has 17 heteroatoms. The van der Waals surface area contributed by atoms with Crippen molar-refractivity contribution in [1.29, 1.82) is 0 Å². The molecule has 0 aromatic rings.